The van der Waals surface area contributed by atoms with E-state index in [1.54, 1.807) is 7.11 Å². The van der Waals surface area contributed by atoms with Gasteiger partial charge in [-0.25, -0.2) is 0 Å². The molecular formula is C22H23N3O3. The van der Waals surface area contributed by atoms with Crippen molar-refractivity contribution >= 4 is 5.91 Å². The highest BCUT2D eigenvalue weighted by Crippen LogP contribution is 2.31. The van der Waals surface area contributed by atoms with Crippen molar-refractivity contribution in [1.29, 1.82) is 0 Å². The smallest absolute Gasteiger partial charge is 0.259 e. The first kappa shape index (κ1) is 18.2. The van der Waals surface area contributed by atoms with Gasteiger partial charge in [-0.3, -0.25) is 4.79 Å². The normalized spacial score (nSPS) is 14.9. The van der Waals surface area contributed by atoms with Gasteiger partial charge in [-0.15, -0.1) is 0 Å². The highest BCUT2D eigenvalue weighted by molar-refractivity contribution is 6.00. The highest BCUT2D eigenvalue weighted by atomic mass is 16.5. The van der Waals surface area contributed by atoms with E-state index >= 15 is 0 Å². The second-order valence-electron chi connectivity index (χ2n) is 7.14. The second-order valence-corrected chi connectivity index (χ2v) is 7.14. The number of hydrogen-bond acceptors (Lipinski definition) is 5. The van der Waals surface area contributed by atoms with Crippen LogP contribution in [-0.2, 0) is 0 Å². The predicted octanol–water partition coefficient (Wildman–Crippen LogP) is 4.28. The number of benzene rings is 2. The lowest BCUT2D eigenvalue weighted by molar-refractivity contribution is 0.0697. The van der Waals surface area contributed by atoms with Gasteiger partial charge in [0.2, 0.25) is 5.82 Å². The maximum Gasteiger partial charge on any atom is 0.259 e. The first-order chi connectivity index (χ1) is 13.7. The van der Waals surface area contributed by atoms with Crippen molar-refractivity contribution in [2.45, 2.75) is 19.8 Å². The fraction of sp³-hybridized carbons (Fsp3) is 0.318. The van der Waals surface area contributed by atoms with Crippen LogP contribution in [0.15, 0.2) is 53.1 Å². The Kier molecular flexibility index (Phi) is 5.10. The van der Waals surface area contributed by atoms with Crippen LogP contribution in [0.4, 0.5) is 0 Å². The zero-order valence-electron chi connectivity index (χ0n) is 16.1. The maximum atomic E-state index is 13.1. The standard InChI is InChI=1S/C22H23N3O3/c1-15-11-13-25(14-12-15)22(26)17-8-4-3-7-16(17)21-23-20(24-28-21)18-9-5-6-10-19(18)27-2/h3-10,15H,11-14H2,1-2H3. The van der Waals surface area contributed by atoms with Crippen LogP contribution in [0.5, 0.6) is 5.75 Å². The number of carbonyl (C=O) groups is 1. The third-order valence-electron chi connectivity index (χ3n) is 5.23. The zero-order valence-corrected chi connectivity index (χ0v) is 16.1. The number of piperidine rings is 1. The van der Waals surface area contributed by atoms with Crippen molar-refractivity contribution in [1.82, 2.24) is 15.0 Å². The number of ether oxygens (including phenoxy) is 1. The summed E-state index contributed by atoms with van der Waals surface area (Å²) in [5, 5.41) is 4.10. The Morgan fingerprint density at radius 3 is 2.50 bits per heavy atom. The third kappa shape index (κ3) is 3.50. The third-order valence-corrected chi connectivity index (χ3v) is 5.23. The van der Waals surface area contributed by atoms with Gasteiger partial charge in [0, 0.05) is 13.1 Å². The summed E-state index contributed by atoms with van der Waals surface area (Å²) in [4.78, 5) is 19.5. The summed E-state index contributed by atoms with van der Waals surface area (Å²) >= 11 is 0. The Hall–Kier alpha value is -3.15. The maximum absolute atomic E-state index is 13.1. The van der Waals surface area contributed by atoms with Crippen molar-refractivity contribution in [3.8, 4) is 28.6 Å². The molecule has 6 nitrogen and oxygen atoms in total. The molecule has 1 fully saturated rings. The van der Waals surface area contributed by atoms with E-state index in [2.05, 4.69) is 17.1 Å². The van der Waals surface area contributed by atoms with Gasteiger partial charge in [0.15, 0.2) is 0 Å². The number of amides is 1. The van der Waals surface area contributed by atoms with Gasteiger partial charge in [0.1, 0.15) is 5.75 Å². The van der Waals surface area contributed by atoms with E-state index in [9.17, 15) is 4.79 Å². The lowest BCUT2D eigenvalue weighted by Gasteiger charge is -2.30. The largest absolute Gasteiger partial charge is 0.496 e. The number of aromatic nitrogens is 2. The van der Waals surface area contributed by atoms with Crippen LogP contribution in [0.2, 0.25) is 0 Å². The minimum absolute atomic E-state index is 0.0135. The molecule has 4 rings (SSSR count). The molecule has 1 saturated heterocycles. The summed E-state index contributed by atoms with van der Waals surface area (Å²) in [5.74, 6) is 2.11. The minimum atomic E-state index is 0.0135. The number of nitrogens with zero attached hydrogens (tertiary/aromatic N) is 3. The molecule has 0 bridgehead atoms. The molecular weight excluding hydrogens is 354 g/mol. The molecule has 1 aliphatic rings. The van der Waals surface area contributed by atoms with Crippen molar-refractivity contribution in [3.63, 3.8) is 0 Å². The Bertz CT molecular complexity index is 974. The minimum Gasteiger partial charge on any atom is -0.496 e. The topological polar surface area (TPSA) is 68.5 Å². The number of para-hydroxylation sites is 1. The predicted molar refractivity (Wildman–Crippen MR) is 106 cm³/mol. The summed E-state index contributed by atoms with van der Waals surface area (Å²) in [6.07, 6.45) is 2.07. The molecule has 2 aromatic carbocycles. The molecule has 3 aromatic rings. The average Bonchev–Trinajstić information content (AvgIpc) is 3.23. The van der Waals surface area contributed by atoms with Crippen LogP contribution in [0.3, 0.4) is 0 Å². The molecule has 1 aliphatic heterocycles. The van der Waals surface area contributed by atoms with Gasteiger partial charge in [0.25, 0.3) is 11.8 Å². The van der Waals surface area contributed by atoms with E-state index in [0.717, 1.165) is 31.5 Å². The van der Waals surface area contributed by atoms with Crippen molar-refractivity contribution < 1.29 is 14.1 Å². The van der Waals surface area contributed by atoms with Crippen LogP contribution < -0.4 is 4.74 Å². The first-order valence-corrected chi connectivity index (χ1v) is 9.53. The summed E-state index contributed by atoms with van der Waals surface area (Å²) < 4.78 is 10.9. The van der Waals surface area contributed by atoms with E-state index in [1.165, 1.54) is 0 Å². The van der Waals surface area contributed by atoms with E-state index < -0.39 is 0 Å². The summed E-state index contributed by atoms with van der Waals surface area (Å²) in [7, 11) is 1.60. The van der Waals surface area contributed by atoms with Gasteiger partial charge in [-0.05, 0) is 43.0 Å². The van der Waals surface area contributed by atoms with Gasteiger partial charge in [0.05, 0.1) is 23.8 Å². The van der Waals surface area contributed by atoms with Crippen LogP contribution >= 0.6 is 0 Å². The molecule has 2 heterocycles. The number of hydrogen-bond donors (Lipinski definition) is 0. The molecule has 0 spiro atoms. The molecule has 0 N–H and O–H groups in total. The Morgan fingerprint density at radius 2 is 1.75 bits per heavy atom. The van der Waals surface area contributed by atoms with Crippen molar-refractivity contribution in [2.75, 3.05) is 20.2 Å². The molecule has 6 heteroatoms. The summed E-state index contributed by atoms with van der Waals surface area (Å²) in [5.41, 5.74) is 1.99. The van der Waals surface area contributed by atoms with Gasteiger partial charge in [-0.1, -0.05) is 36.3 Å². The number of carbonyl (C=O) groups excluding carboxylic acids is 1. The van der Waals surface area contributed by atoms with Crippen LogP contribution in [0, 0.1) is 5.92 Å². The molecule has 0 saturated carbocycles. The van der Waals surface area contributed by atoms with E-state index in [0.29, 0.717) is 34.5 Å². The van der Waals surface area contributed by atoms with Crippen LogP contribution in [-0.4, -0.2) is 41.1 Å². The fourth-order valence-corrected chi connectivity index (χ4v) is 3.51. The number of likely N-dealkylation sites (tertiary alicyclic amines) is 1. The first-order valence-electron chi connectivity index (χ1n) is 9.53. The second kappa shape index (κ2) is 7.84. The van der Waals surface area contributed by atoms with Crippen molar-refractivity contribution in [3.05, 3.63) is 54.1 Å². The molecule has 0 unspecified atom stereocenters. The Morgan fingerprint density at radius 1 is 1.07 bits per heavy atom. The van der Waals surface area contributed by atoms with Crippen LogP contribution in [0.1, 0.15) is 30.1 Å². The average molecular weight is 377 g/mol. The molecule has 28 heavy (non-hydrogen) atoms. The van der Waals surface area contributed by atoms with E-state index in [1.807, 2.05) is 53.4 Å². The summed E-state index contributed by atoms with van der Waals surface area (Å²) in [6.45, 7) is 3.79. The van der Waals surface area contributed by atoms with Crippen molar-refractivity contribution in [2.24, 2.45) is 5.92 Å². The van der Waals surface area contributed by atoms with Gasteiger partial charge >= 0.3 is 0 Å². The highest BCUT2D eigenvalue weighted by Gasteiger charge is 2.25. The monoisotopic (exact) mass is 377 g/mol. The quantitative estimate of drug-likeness (QED) is 0.679. The lowest BCUT2D eigenvalue weighted by Crippen LogP contribution is -2.38. The molecule has 144 valence electrons. The van der Waals surface area contributed by atoms with Crippen LogP contribution in [0.25, 0.3) is 22.8 Å². The fourth-order valence-electron chi connectivity index (χ4n) is 3.51. The molecule has 0 aliphatic carbocycles. The van der Waals surface area contributed by atoms with Gasteiger partial charge in [-0.2, -0.15) is 4.98 Å². The molecule has 1 amide bonds. The van der Waals surface area contributed by atoms with E-state index in [-0.39, 0.29) is 5.91 Å². The number of rotatable bonds is 4. The number of methoxy groups -OCH3 is 1. The Balaban J connectivity index is 1.66. The molecule has 0 radical (unpaired) electrons. The summed E-state index contributed by atoms with van der Waals surface area (Å²) in [6, 6.07) is 14.9. The van der Waals surface area contributed by atoms with Gasteiger partial charge < -0.3 is 14.2 Å². The SMILES string of the molecule is COc1ccccc1-c1noc(-c2ccccc2C(=O)N2CCC(C)CC2)n1. The molecule has 1 aromatic heterocycles. The Labute approximate surface area is 164 Å². The van der Waals surface area contributed by atoms with E-state index in [4.69, 9.17) is 9.26 Å². The lowest BCUT2D eigenvalue weighted by atomic mass is 9.98. The zero-order chi connectivity index (χ0) is 19.5. The molecule has 0 atom stereocenters.